The van der Waals surface area contributed by atoms with E-state index in [9.17, 15) is 9.59 Å². The zero-order chi connectivity index (χ0) is 32.4. The second-order valence-corrected chi connectivity index (χ2v) is 13.0. The highest BCUT2D eigenvalue weighted by Crippen LogP contribution is 2.37. The molecule has 0 N–H and O–H groups in total. The number of carbonyl (C=O) groups excluding carboxylic acids is 1. The maximum atomic E-state index is 14.1. The van der Waals surface area contributed by atoms with E-state index in [0.29, 0.717) is 47.7 Å². The number of hydrogen-bond acceptors (Lipinski definition) is 7. The fourth-order valence-corrected chi connectivity index (χ4v) is 6.87. The Morgan fingerprint density at radius 1 is 1.02 bits per heavy atom. The fourth-order valence-electron chi connectivity index (χ4n) is 4.89. The van der Waals surface area contributed by atoms with Gasteiger partial charge in [0.05, 0.1) is 48.6 Å². The Labute approximate surface area is 283 Å². The van der Waals surface area contributed by atoms with Crippen molar-refractivity contribution in [3.63, 3.8) is 0 Å². The summed E-state index contributed by atoms with van der Waals surface area (Å²) < 4.78 is 19.3. The molecule has 0 aliphatic carbocycles. The van der Waals surface area contributed by atoms with Gasteiger partial charge in [0.15, 0.2) is 10.6 Å². The minimum atomic E-state index is -0.818. The van der Waals surface area contributed by atoms with E-state index >= 15 is 0 Å². The molecule has 1 aliphatic heterocycles. The van der Waals surface area contributed by atoms with Crippen molar-refractivity contribution < 1.29 is 19.0 Å². The highest BCUT2D eigenvalue weighted by atomic mass is 35.5. The molecule has 7 nitrogen and oxygen atoms in total. The lowest BCUT2D eigenvalue weighted by Gasteiger charge is -2.26. The molecule has 0 bridgehead atoms. The van der Waals surface area contributed by atoms with Gasteiger partial charge in [-0.25, -0.2) is 9.79 Å². The Morgan fingerprint density at radius 3 is 2.40 bits per heavy atom. The number of nitrogens with zero attached hydrogens (tertiary/aromatic N) is 2. The Kier molecular flexibility index (Phi) is 10.3. The molecule has 45 heavy (non-hydrogen) atoms. The predicted octanol–water partition coefficient (Wildman–Crippen LogP) is 7.78. The van der Waals surface area contributed by atoms with Crippen LogP contribution in [0.4, 0.5) is 0 Å². The minimum absolute atomic E-state index is 0.136. The van der Waals surface area contributed by atoms with Gasteiger partial charge in [-0.15, -0.1) is 0 Å². The first-order valence-corrected chi connectivity index (χ1v) is 16.3. The molecule has 0 amide bonds. The summed E-state index contributed by atoms with van der Waals surface area (Å²) in [5, 5.41) is 1.38. The highest BCUT2D eigenvalue weighted by molar-refractivity contribution is 7.07. The molecule has 2 heterocycles. The molecule has 0 fully saturated rings. The van der Waals surface area contributed by atoms with Gasteiger partial charge in [0, 0.05) is 5.56 Å². The third-order valence-electron chi connectivity index (χ3n) is 6.78. The van der Waals surface area contributed by atoms with E-state index in [1.165, 1.54) is 15.9 Å². The Balaban J connectivity index is 1.57. The van der Waals surface area contributed by atoms with Crippen LogP contribution in [0.15, 0.2) is 75.7 Å². The molecule has 1 atom stereocenters. The van der Waals surface area contributed by atoms with Gasteiger partial charge in [-0.3, -0.25) is 9.36 Å². The zero-order valence-corrected chi connectivity index (χ0v) is 28.5. The zero-order valence-electron chi connectivity index (χ0n) is 24.7. The van der Waals surface area contributed by atoms with Gasteiger partial charge in [-0.1, -0.05) is 82.0 Å². The van der Waals surface area contributed by atoms with Crippen molar-refractivity contribution in [2.24, 2.45) is 4.99 Å². The van der Waals surface area contributed by atoms with Crippen molar-refractivity contribution in [1.29, 1.82) is 0 Å². The maximum Gasteiger partial charge on any atom is 0.338 e. The molecule has 4 aromatic rings. The van der Waals surface area contributed by atoms with Crippen LogP contribution in [-0.4, -0.2) is 23.2 Å². The average molecular weight is 706 g/mol. The molecule has 5 rings (SSSR count). The maximum absolute atomic E-state index is 14.1. The molecule has 234 valence electrons. The van der Waals surface area contributed by atoms with E-state index in [1.54, 1.807) is 50.3 Å². The van der Waals surface area contributed by atoms with Crippen LogP contribution in [0.2, 0.25) is 20.1 Å². The van der Waals surface area contributed by atoms with Gasteiger partial charge < -0.3 is 14.2 Å². The molecule has 12 heteroatoms. The number of allylic oxidation sites excluding steroid dienone is 1. The summed E-state index contributed by atoms with van der Waals surface area (Å²) in [6, 6.07) is 15.0. The van der Waals surface area contributed by atoms with Gasteiger partial charge in [0.2, 0.25) is 0 Å². The quantitative estimate of drug-likeness (QED) is 0.166. The third-order valence-corrected chi connectivity index (χ3v) is 9.06. The largest absolute Gasteiger partial charge is 0.491 e. The number of benzene rings is 3. The lowest BCUT2D eigenvalue weighted by Crippen LogP contribution is -2.40. The van der Waals surface area contributed by atoms with Gasteiger partial charge in [-0.2, -0.15) is 0 Å². The number of aromatic nitrogens is 1. The van der Waals surface area contributed by atoms with Crippen molar-refractivity contribution in [3.8, 4) is 11.5 Å². The summed E-state index contributed by atoms with van der Waals surface area (Å²) in [5.74, 6) is 0.297. The summed E-state index contributed by atoms with van der Waals surface area (Å²) in [6.45, 7) is 7.63. The van der Waals surface area contributed by atoms with E-state index in [0.717, 1.165) is 5.56 Å². The van der Waals surface area contributed by atoms with Gasteiger partial charge in [-0.05, 0) is 75.2 Å². The SMILES string of the molecule is CCOC(=O)C1=C(C)N=c2s/c(=C/c3cc(Cl)c(OCc4ccc(Cl)c(Cl)c4)c(Cl)c3)c(=O)n2[C@H]1c1ccccc1OC(C)C. The highest BCUT2D eigenvalue weighted by Gasteiger charge is 2.35. The first-order chi connectivity index (χ1) is 21.5. The van der Waals surface area contributed by atoms with Crippen LogP contribution in [0.1, 0.15) is 50.4 Å². The second kappa shape index (κ2) is 14.0. The van der Waals surface area contributed by atoms with Gasteiger partial charge >= 0.3 is 5.97 Å². The Morgan fingerprint density at radius 2 is 1.73 bits per heavy atom. The molecule has 0 saturated heterocycles. The number of thiazole rings is 1. The van der Waals surface area contributed by atoms with Crippen LogP contribution in [0, 0.1) is 0 Å². The molecule has 1 aromatic heterocycles. The molecule has 0 unspecified atom stereocenters. The lowest BCUT2D eigenvalue weighted by atomic mass is 9.95. The van der Waals surface area contributed by atoms with Crippen molar-refractivity contribution >= 4 is 69.8 Å². The first kappa shape index (κ1) is 33.1. The topological polar surface area (TPSA) is 79.1 Å². The van der Waals surface area contributed by atoms with Crippen molar-refractivity contribution in [2.75, 3.05) is 6.61 Å². The molecule has 0 saturated carbocycles. The number of fused-ring (bicyclic) bond motifs is 1. The predicted molar refractivity (Wildman–Crippen MR) is 180 cm³/mol. The van der Waals surface area contributed by atoms with E-state index in [-0.39, 0.29) is 40.5 Å². The summed E-state index contributed by atoms with van der Waals surface area (Å²) in [5.41, 5.74) is 2.40. The lowest BCUT2D eigenvalue weighted by molar-refractivity contribution is -0.139. The molecular weight excluding hydrogens is 678 g/mol. The van der Waals surface area contributed by atoms with E-state index < -0.39 is 12.0 Å². The average Bonchev–Trinajstić information content (AvgIpc) is 3.27. The molecule has 3 aromatic carbocycles. The summed E-state index contributed by atoms with van der Waals surface area (Å²) in [6.07, 6.45) is 1.55. The minimum Gasteiger partial charge on any atom is -0.491 e. The fraction of sp³-hybridized carbons (Fsp3) is 0.242. The smallest absolute Gasteiger partial charge is 0.338 e. The monoisotopic (exact) mass is 704 g/mol. The Hall–Kier alpha value is -3.27. The van der Waals surface area contributed by atoms with Crippen LogP contribution in [-0.2, 0) is 16.1 Å². The first-order valence-electron chi connectivity index (χ1n) is 14.0. The molecule has 0 radical (unpaired) electrons. The van der Waals surface area contributed by atoms with E-state index in [1.807, 2.05) is 38.1 Å². The van der Waals surface area contributed by atoms with Crippen LogP contribution >= 0.6 is 57.7 Å². The van der Waals surface area contributed by atoms with Crippen molar-refractivity contribution in [1.82, 2.24) is 4.57 Å². The Bertz CT molecular complexity index is 1980. The van der Waals surface area contributed by atoms with E-state index in [2.05, 4.69) is 4.99 Å². The second-order valence-electron chi connectivity index (χ2n) is 10.4. The van der Waals surface area contributed by atoms with Crippen molar-refractivity contribution in [2.45, 2.75) is 46.4 Å². The molecule has 1 aliphatic rings. The standard InChI is InChI=1S/C33H28Cl4N2O5S/c1-5-42-32(41)28-18(4)38-33-39(29(28)21-8-6-7-9-26(21)44-17(2)3)31(40)27(45-33)15-20-13-24(36)30(25(37)14-20)43-16-19-10-11-22(34)23(35)12-19/h6-15,17,29H,5,16H2,1-4H3/b27-15+/t29-/m0/s1. The number of ether oxygens (including phenoxy) is 3. The number of esters is 1. The molecule has 0 spiro atoms. The molecular formula is C33H28Cl4N2O5S. The number of para-hydroxylation sites is 1. The third kappa shape index (κ3) is 7.11. The number of halogens is 4. The summed E-state index contributed by atoms with van der Waals surface area (Å²) in [4.78, 5) is 32.4. The van der Waals surface area contributed by atoms with E-state index in [4.69, 9.17) is 60.6 Å². The van der Waals surface area contributed by atoms with Crippen LogP contribution in [0.3, 0.4) is 0 Å². The number of hydrogen-bond donors (Lipinski definition) is 0. The van der Waals surface area contributed by atoms with Crippen molar-refractivity contribution in [3.05, 3.63) is 122 Å². The van der Waals surface area contributed by atoms with Gasteiger partial charge in [0.25, 0.3) is 5.56 Å². The van der Waals surface area contributed by atoms with Crippen LogP contribution in [0.5, 0.6) is 11.5 Å². The van der Waals surface area contributed by atoms with Crippen LogP contribution in [0.25, 0.3) is 6.08 Å². The summed E-state index contributed by atoms with van der Waals surface area (Å²) >= 11 is 26.5. The van der Waals surface area contributed by atoms with Gasteiger partial charge in [0.1, 0.15) is 18.4 Å². The number of rotatable bonds is 9. The number of carbonyl (C=O) groups is 1. The summed E-state index contributed by atoms with van der Waals surface area (Å²) in [7, 11) is 0. The van der Waals surface area contributed by atoms with Crippen LogP contribution < -0.4 is 24.4 Å². The normalized spacial score (nSPS) is 14.8.